The number of sulfonamides is 1. The zero-order valence-electron chi connectivity index (χ0n) is 13.8. The van der Waals surface area contributed by atoms with Gasteiger partial charge in [-0.05, 0) is 30.5 Å². The third kappa shape index (κ3) is 2.88. The number of aliphatic imine (C=N–C) groups is 1. The molecule has 25 heavy (non-hydrogen) atoms. The number of rotatable bonds is 4. The summed E-state index contributed by atoms with van der Waals surface area (Å²) in [4.78, 5) is 8.01. The van der Waals surface area contributed by atoms with E-state index in [2.05, 4.69) is 16.9 Å². The minimum Gasteiger partial charge on any atom is -0.351 e. The molecule has 0 saturated carbocycles. The Kier molecular flexibility index (Phi) is 4.13. The molecule has 1 aliphatic rings. The maximum atomic E-state index is 12.8. The van der Waals surface area contributed by atoms with E-state index in [1.165, 1.54) is 15.6 Å². The molecule has 1 N–H and O–H groups in total. The SMILES string of the molecule is CC1CSC(c2cc3cccc(N(C)S(=O)(=O)c4cccs4)c3[nH]2)=N1. The van der Waals surface area contributed by atoms with Gasteiger partial charge in [0.25, 0.3) is 10.0 Å². The van der Waals surface area contributed by atoms with Crippen LogP contribution in [0.1, 0.15) is 12.6 Å². The summed E-state index contributed by atoms with van der Waals surface area (Å²) in [6.07, 6.45) is 0. The molecule has 0 aliphatic carbocycles. The topological polar surface area (TPSA) is 65.5 Å². The van der Waals surface area contributed by atoms with Gasteiger partial charge in [-0.3, -0.25) is 9.30 Å². The van der Waals surface area contributed by atoms with Gasteiger partial charge in [0.05, 0.1) is 22.9 Å². The number of benzene rings is 1. The number of aromatic amines is 1. The summed E-state index contributed by atoms with van der Waals surface area (Å²) in [7, 11) is -1.97. The molecule has 4 rings (SSSR count). The Labute approximate surface area is 154 Å². The molecule has 0 radical (unpaired) electrons. The first-order chi connectivity index (χ1) is 12.0. The van der Waals surface area contributed by atoms with Crippen LogP contribution in [0.15, 0.2) is 51.0 Å². The molecule has 1 aliphatic heterocycles. The number of para-hydroxylation sites is 1. The lowest BCUT2D eigenvalue weighted by molar-refractivity contribution is 0.596. The van der Waals surface area contributed by atoms with Gasteiger partial charge >= 0.3 is 0 Å². The van der Waals surface area contributed by atoms with Crippen molar-refractivity contribution in [2.75, 3.05) is 17.1 Å². The zero-order chi connectivity index (χ0) is 17.6. The summed E-state index contributed by atoms with van der Waals surface area (Å²) in [5, 5.41) is 3.73. The smallest absolute Gasteiger partial charge is 0.273 e. The fraction of sp³-hybridized carbons (Fsp3) is 0.235. The number of hydrogen-bond acceptors (Lipinski definition) is 5. The molecule has 0 saturated heterocycles. The monoisotopic (exact) mass is 391 g/mol. The van der Waals surface area contributed by atoms with Crippen molar-refractivity contribution in [1.29, 1.82) is 0 Å². The second-order valence-corrected chi connectivity index (χ2v) is 10.1. The summed E-state index contributed by atoms with van der Waals surface area (Å²) < 4.78 is 27.4. The van der Waals surface area contributed by atoms with Gasteiger partial charge in [-0.15, -0.1) is 23.1 Å². The van der Waals surface area contributed by atoms with Crippen molar-refractivity contribution in [3.8, 4) is 0 Å². The molecule has 0 amide bonds. The molecule has 1 aromatic carbocycles. The van der Waals surface area contributed by atoms with Crippen molar-refractivity contribution >= 4 is 54.8 Å². The molecule has 8 heteroatoms. The Morgan fingerprint density at radius 2 is 2.12 bits per heavy atom. The Hall–Kier alpha value is -1.77. The number of thioether (sulfide) groups is 1. The lowest BCUT2D eigenvalue weighted by Gasteiger charge is -2.19. The first-order valence-corrected chi connectivity index (χ1v) is 11.1. The second kappa shape index (κ2) is 6.19. The summed E-state index contributed by atoms with van der Waals surface area (Å²) in [6.45, 7) is 2.09. The third-order valence-electron chi connectivity index (χ3n) is 4.11. The predicted octanol–water partition coefficient (Wildman–Crippen LogP) is 3.94. The molecule has 1 unspecified atom stereocenters. The predicted molar refractivity (Wildman–Crippen MR) is 107 cm³/mol. The highest BCUT2D eigenvalue weighted by molar-refractivity contribution is 8.14. The third-order valence-corrected chi connectivity index (χ3v) is 8.50. The van der Waals surface area contributed by atoms with E-state index in [0.29, 0.717) is 15.9 Å². The average molecular weight is 392 g/mol. The van der Waals surface area contributed by atoms with Crippen LogP contribution in [-0.4, -0.2) is 37.3 Å². The van der Waals surface area contributed by atoms with Crippen molar-refractivity contribution in [1.82, 2.24) is 4.98 Å². The van der Waals surface area contributed by atoms with E-state index in [1.54, 1.807) is 36.3 Å². The number of nitrogens with zero attached hydrogens (tertiary/aromatic N) is 2. The van der Waals surface area contributed by atoms with Crippen molar-refractivity contribution in [2.45, 2.75) is 17.2 Å². The molecule has 0 bridgehead atoms. The molecule has 3 aromatic rings. The number of aromatic nitrogens is 1. The number of H-pyrrole nitrogens is 1. The van der Waals surface area contributed by atoms with Crippen molar-refractivity contribution < 1.29 is 8.42 Å². The van der Waals surface area contributed by atoms with Gasteiger partial charge in [0.15, 0.2) is 0 Å². The van der Waals surface area contributed by atoms with Gasteiger partial charge < -0.3 is 4.98 Å². The lowest BCUT2D eigenvalue weighted by Crippen LogP contribution is -2.26. The molecule has 130 valence electrons. The quantitative estimate of drug-likeness (QED) is 0.733. The van der Waals surface area contributed by atoms with E-state index < -0.39 is 10.0 Å². The summed E-state index contributed by atoms with van der Waals surface area (Å²) in [5.74, 6) is 0.976. The molecule has 1 atom stereocenters. The van der Waals surface area contributed by atoms with Crippen LogP contribution in [0.3, 0.4) is 0 Å². The lowest BCUT2D eigenvalue weighted by atomic mass is 10.2. The first-order valence-electron chi connectivity index (χ1n) is 7.82. The summed E-state index contributed by atoms with van der Waals surface area (Å²) in [5.41, 5.74) is 2.38. The zero-order valence-corrected chi connectivity index (χ0v) is 16.2. The Morgan fingerprint density at radius 3 is 2.80 bits per heavy atom. The van der Waals surface area contributed by atoms with Gasteiger partial charge in [0, 0.05) is 18.2 Å². The van der Waals surface area contributed by atoms with Crippen LogP contribution >= 0.6 is 23.1 Å². The Morgan fingerprint density at radius 1 is 1.28 bits per heavy atom. The largest absolute Gasteiger partial charge is 0.351 e. The molecular formula is C17H17N3O2S3. The fourth-order valence-electron chi connectivity index (χ4n) is 2.81. The number of nitrogens with one attached hydrogen (secondary N) is 1. The van der Waals surface area contributed by atoms with Crippen molar-refractivity contribution in [3.05, 3.63) is 47.5 Å². The van der Waals surface area contributed by atoms with Crippen LogP contribution in [0, 0.1) is 0 Å². The van der Waals surface area contributed by atoms with Crippen molar-refractivity contribution in [2.24, 2.45) is 4.99 Å². The van der Waals surface area contributed by atoms with Gasteiger partial charge in [-0.2, -0.15) is 0 Å². The minimum atomic E-state index is -3.56. The Bertz CT molecular complexity index is 1050. The van der Waals surface area contributed by atoms with E-state index in [9.17, 15) is 8.42 Å². The van der Waals surface area contributed by atoms with Gasteiger partial charge in [0.1, 0.15) is 9.25 Å². The molecule has 0 spiro atoms. The molecular weight excluding hydrogens is 374 g/mol. The first kappa shape index (κ1) is 16.7. The van der Waals surface area contributed by atoms with E-state index >= 15 is 0 Å². The number of anilines is 1. The normalized spacial score (nSPS) is 17.8. The van der Waals surface area contributed by atoms with E-state index in [1.807, 2.05) is 24.3 Å². The van der Waals surface area contributed by atoms with E-state index in [4.69, 9.17) is 0 Å². The highest BCUT2D eigenvalue weighted by Crippen LogP contribution is 2.33. The van der Waals surface area contributed by atoms with E-state index in [0.717, 1.165) is 27.4 Å². The standard InChI is InChI=1S/C17H17N3O2S3/c1-11-10-24-17(18-11)13-9-12-5-3-6-14(16(12)19-13)20(2)25(21,22)15-7-4-8-23-15/h3-9,11,19H,10H2,1-2H3. The van der Waals surface area contributed by atoms with Crippen LogP contribution in [0.2, 0.25) is 0 Å². The van der Waals surface area contributed by atoms with Gasteiger partial charge in [-0.1, -0.05) is 18.2 Å². The maximum Gasteiger partial charge on any atom is 0.273 e. The summed E-state index contributed by atoms with van der Waals surface area (Å²) in [6, 6.07) is 11.4. The maximum absolute atomic E-state index is 12.8. The van der Waals surface area contributed by atoms with Crippen molar-refractivity contribution in [3.63, 3.8) is 0 Å². The Balaban J connectivity index is 1.80. The minimum absolute atomic E-state index is 0.313. The highest BCUT2D eigenvalue weighted by atomic mass is 32.2. The van der Waals surface area contributed by atoms with Crippen LogP contribution in [0.4, 0.5) is 5.69 Å². The van der Waals surface area contributed by atoms with Crippen LogP contribution in [0.5, 0.6) is 0 Å². The highest BCUT2D eigenvalue weighted by Gasteiger charge is 2.25. The van der Waals surface area contributed by atoms with Gasteiger partial charge in [0.2, 0.25) is 0 Å². The molecule has 3 heterocycles. The van der Waals surface area contributed by atoms with Crippen LogP contribution in [0.25, 0.3) is 10.9 Å². The average Bonchev–Trinajstić information content (AvgIpc) is 3.32. The second-order valence-electron chi connectivity index (χ2n) is 5.92. The van der Waals surface area contributed by atoms with E-state index in [-0.39, 0.29) is 0 Å². The fourth-order valence-corrected chi connectivity index (χ4v) is 6.18. The van der Waals surface area contributed by atoms with Gasteiger partial charge in [-0.25, -0.2) is 8.42 Å². The van der Waals surface area contributed by atoms with Crippen LogP contribution < -0.4 is 4.31 Å². The number of thiophene rings is 1. The number of hydrogen-bond donors (Lipinski definition) is 1. The summed E-state index contributed by atoms with van der Waals surface area (Å²) >= 11 is 2.95. The van der Waals surface area contributed by atoms with Crippen LogP contribution in [-0.2, 0) is 10.0 Å². The molecule has 2 aromatic heterocycles. The molecule has 0 fully saturated rings. The number of fused-ring (bicyclic) bond motifs is 1. The molecule has 5 nitrogen and oxygen atoms in total.